The zero-order valence-electron chi connectivity index (χ0n) is 11.0. The van der Waals surface area contributed by atoms with Crippen molar-refractivity contribution in [2.24, 2.45) is 0 Å². The van der Waals surface area contributed by atoms with Gasteiger partial charge in [-0.2, -0.15) is 0 Å². The first-order valence-corrected chi connectivity index (χ1v) is 7.15. The Morgan fingerprint density at radius 1 is 0.950 bits per heavy atom. The van der Waals surface area contributed by atoms with Crippen LogP contribution in [0.15, 0.2) is 54.6 Å². The SMILES string of the molecule is Cc1nnsc1C(O)c1ccc(-c2ccccc2)cc1. The molecule has 0 aliphatic heterocycles. The van der Waals surface area contributed by atoms with Crippen LogP contribution in [0.5, 0.6) is 0 Å². The van der Waals surface area contributed by atoms with E-state index < -0.39 is 6.10 Å². The maximum absolute atomic E-state index is 10.4. The molecule has 0 bridgehead atoms. The third kappa shape index (κ3) is 2.48. The van der Waals surface area contributed by atoms with Crippen molar-refractivity contribution >= 4 is 11.5 Å². The van der Waals surface area contributed by atoms with Gasteiger partial charge in [-0.05, 0) is 35.1 Å². The van der Waals surface area contributed by atoms with E-state index in [1.165, 1.54) is 17.1 Å². The number of hydrogen-bond donors (Lipinski definition) is 1. The molecule has 100 valence electrons. The third-order valence-corrected chi connectivity index (χ3v) is 4.15. The minimum absolute atomic E-state index is 0.653. The number of rotatable bonds is 3. The molecule has 3 nitrogen and oxygen atoms in total. The van der Waals surface area contributed by atoms with E-state index in [-0.39, 0.29) is 0 Å². The molecular weight excluding hydrogens is 268 g/mol. The standard InChI is InChI=1S/C16H14N2OS/c1-11-16(20-18-17-11)15(19)14-9-7-13(8-10-14)12-5-3-2-4-6-12/h2-10,15,19H,1H3. The van der Waals surface area contributed by atoms with Crippen LogP contribution in [0.4, 0.5) is 0 Å². The second kappa shape index (κ2) is 5.53. The van der Waals surface area contributed by atoms with Crippen LogP contribution in [-0.2, 0) is 0 Å². The highest BCUT2D eigenvalue weighted by atomic mass is 32.1. The molecule has 0 aliphatic carbocycles. The van der Waals surface area contributed by atoms with Gasteiger partial charge in [0, 0.05) is 0 Å². The monoisotopic (exact) mass is 282 g/mol. The van der Waals surface area contributed by atoms with Gasteiger partial charge in [0.25, 0.3) is 0 Å². The van der Waals surface area contributed by atoms with Gasteiger partial charge in [-0.15, -0.1) is 5.10 Å². The number of aliphatic hydroxyl groups excluding tert-OH is 1. The minimum atomic E-state index is -0.653. The molecule has 0 amide bonds. The Labute approximate surface area is 121 Å². The number of aryl methyl sites for hydroxylation is 1. The van der Waals surface area contributed by atoms with Gasteiger partial charge in [-0.1, -0.05) is 59.1 Å². The predicted molar refractivity (Wildman–Crippen MR) is 80.6 cm³/mol. The lowest BCUT2D eigenvalue weighted by Crippen LogP contribution is -1.99. The van der Waals surface area contributed by atoms with Crippen LogP contribution < -0.4 is 0 Å². The first-order chi connectivity index (χ1) is 9.75. The molecule has 3 rings (SSSR count). The van der Waals surface area contributed by atoms with Crippen molar-refractivity contribution in [1.29, 1.82) is 0 Å². The number of benzene rings is 2. The van der Waals surface area contributed by atoms with Gasteiger partial charge >= 0.3 is 0 Å². The molecule has 1 atom stereocenters. The molecular formula is C16H14N2OS. The first-order valence-electron chi connectivity index (χ1n) is 6.38. The van der Waals surface area contributed by atoms with Crippen LogP contribution in [0.2, 0.25) is 0 Å². The van der Waals surface area contributed by atoms with Gasteiger partial charge in [0.1, 0.15) is 6.10 Å². The summed E-state index contributed by atoms with van der Waals surface area (Å²) in [4.78, 5) is 0.803. The Kier molecular flexibility index (Phi) is 3.58. The summed E-state index contributed by atoms with van der Waals surface area (Å²) < 4.78 is 3.87. The summed E-state index contributed by atoms with van der Waals surface area (Å²) >= 11 is 1.24. The van der Waals surface area contributed by atoms with E-state index in [2.05, 4.69) is 21.7 Å². The zero-order valence-corrected chi connectivity index (χ0v) is 11.8. The van der Waals surface area contributed by atoms with E-state index in [1.54, 1.807) is 0 Å². The van der Waals surface area contributed by atoms with Crippen molar-refractivity contribution in [2.45, 2.75) is 13.0 Å². The average molecular weight is 282 g/mol. The molecule has 2 aromatic carbocycles. The maximum Gasteiger partial charge on any atom is 0.117 e. The van der Waals surface area contributed by atoms with Crippen LogP contribution >= 0.6 is 11.5 Å². The van der Waals surface area contributed by atoms with E-state index in [4.69, 9.17) is 0 Å². The fourth-order valence-corrected chi connectivity index (χ4v) is 2.79. The normalized spacial score (nSPS) is 12.3. The Morgan fingerprint density at radius 3 is 2.20 bits per heavy atom. The molecule has 3 aromatic rings. The number of nitrogens with zero attached hydrogens (tertiary/aromatic N) is 2. The molecule has 0 fully saturated rings. The first kappa shape index (κ1) is 13.0. The van der Waals surface area contributed by atoms with Crippen molar-refractivity contribution in [3.63, 3.8) is 0 Å². The lowest BCUT2D eigenvalue weighted by atomic mass is 10.0. The van der Waals surface area contributed by atoms with E-state index in [0.717, 1.165) is 21.7 Å². The highest BCUT2D eigenvalue weighted by Crippen LogP contribution is 2.28. The minimum Gasteiger partial charge on any atom is -0.383 e. The van der Waals surface area contributed by atoms with Gasteiger partial charge < -0.3 is 5.11 Å². The zero-order chi connectivity index (χ0) is 13.9. The van der Waals surface area contributed by atoms with Crippen molar-refractivity contribution in [1.82, 2.24) is 9.59 Å². The second-order valence-electron chi connectivity index (χ2n) is 4.61. The summed E-state index contributed by atoms with van der Waals surface area (Å²) in [7, 11) is 0. The lowest BCUT2D eigenvalue weighted by Gasteiger charge is -2.10. The van der Waals surface area contributed by atoms with Crippen molar-refractivity contribution < 1.29 is 5.11 Å². The molecule has 0 aliphatic rings. The molecule has 20 heavy (non-hydrogen) atoms. The molecule has 1 unspecified atom stereocenters. The molecule has 1 heterocycles. The van der Waals surface area contributed by atoms with Crippen LogP contribution in [0.3, 0.4) is 0 Å². The van der Waals surface area contributed by atoms with Gasteiger partial charge in [-0.25, -0.2) is 0 Å². The summed E-state index contributed by atoms with van der Waals surface area (Å²) in [5.41, 5.74) is 3.96. The van der Waals surface area contributed by atoms with Gasteiger partial charge in [-0.3, -0.25) is 0 Å². The molecule has 1 aromatic heterocycles. The van der Waals surface area contributed by atoms with Crippen LogP contribution in [0.25, 0.3) is 11.1 Å². The number of aliphatic hydroxyl groups is 1. The van der Waals surface area contributed by atoms with Crippen molar-refractivity contribution in [3.05, 3.63) is 70.7 Å². The fourth-order valence-electron chi connectivity index (χ4n) is 2.13. The summed E-state index contributed by atoms with van der Waals surface area (Å²) in [5.74, 6) is 0. The molecule has 0 radical (unpaired) electrons. The lowest BCUT2D eigenvalue weighted by molar-refractivity contribution is 0.223. The maximum atomic E-state index is 10.4. The smallest absolute Gasteiger partial charge is 0.117 e. The Hall–Kier alpha value is -2.04. The van der Waals surface area contributed by atoms with Crippen LogP contribution in [0, 0.1) is 6.92 Å². The quantitative estimate of drug-likeness (QED) is 0.798. The number of hydrogen-bond acceptors (Lipinski definition) is 4. The predicted octanol–water partition coefficient (Wildman–Crippen LogP) is 3.60. The topological polar surface area (TPSA) is 46.0 Å². The highest BCUT2D eigenvalue weighted by molar-refractivity contribution is 7.05. The van der Waals surface area contributed by atoms with Crippen molar-refractivity contribution in [2.75, 3.05) is 0 Å². The molecule has 1 N–H and O–H groups in total. The molecule has 4 heteroatoms. The van der Waals surface area contributed by atoms with Gasteiger partial charge in [0.2, 0.25) is 0 Å². The van der Waals surface area contributed by atoms with Gasteiger partial charge in [0.15, 0.2) is 0 Å². The molecule has 0 spiro atoms. The van der Waals surface area contributed by atoms with E-state index >= 15 is 0 Å². The van der Waals surface area contributed by atoms with E-state index in [1.807, 2.05) is 49.4 Å². The van der Waals surface area contributed by atoms with Crippen LogP contribution in [-0.4, -0.2) is 14.7 Å². The largest absolute Gasteiger partial charge is 0.383 e. The van der Waals surface area contributed by atoms with Crippen LogP contribution in [0.1, 0.15) is 22.2 Å². The van der Waals surface area contributed by atoms with E-state index in [0.29, 0.717) is 0 Å². The second-order valence-corrected chi connectivity index (χ2v) is 5.40. The fraction of sp³-hybridized carbons (Fsp3) is 0.125. The van der Waals surface area contributed by atoms with Gasteiger partial charge in [0.05, 0.1) is 10.6 Å². The Bertz CT molecular complexity index is 692. The third-order valence-electron chi connectivity index (χ3n) is 3.27. The highest BCUT2D eigenvalue weighted by Gasteiger charge is 2.16. The van der Waals surface area contributed by atoms with Crippen molar-refractivity contribution in [3.8, 4) is 11.1 Å². The summed E-state index contributed by atoms with van der Waals surface area (Å²) in [6, 6.07) is 18.1. The summed E-state index contributed by atoms with van der Waals surface area (Å²) in [6.07, 6.45) is -0.653. The Morgan fingerprint density at radius 2 is 1.60 bits per heavy atom. The van der Waals surface area contributed by atoms with E-state index in [9.17, 15) is 5.11 Å². The number of aromatic nitrogens is 2. The Balaban J connectivity index is 1.89. The molecule has 0 saturated heterocycles. The average Bonchev–Trinajstić information content (AvgIpc) is 2.94. The summed E-state index contributed by atoms with van der Waals surface area (Å²) in [5, 5.41) is 14.3. The summed E-state index contributed by atoms with van der Waals surface area (Å²) in [6.45, 7) is 1.86. The molecule has 0 saturated carbocycles.